The van der Waals surface area contributed by atoms with Crippen LogP contribution in [0.1, 0.15) is 30.9 Å². The zero-order chi connectivity index (χ0) is 23.0. The Morgan fingerprint density at radius 3 is 2.24 bits per heavy atom. The van der Waals surface area contributed by atoms with Crippen molar-refractivity contribution in [1.29, 1.82) is 0 Å². The molecule has 0 saturated heterocycles. The van der Waals surface area contributed by atoms with Crippen molar-refractivity contribution in [2.75, 3.05) is 10.6 Å². The van der Waals surface area contributed by atoms with Gasteiger partial charge in [-0.05, 0) is 47.4 Å². The van der Waals surface area contributed by atoms with Crippen molar-refractivity contribution in [2.45, 2.75) is 19.8 Å². The van der Waals surface area contributed by atoms with Gasteiger partial charge in [0.2, 0.25) is 5.91 Å². The van der Waals surface area contributed by atoms with Gasteiger partial charge in [-0.2, -0.15) is 0 Å². The Morgan fingerprint density at radius 2 is 1.55 bits per heavy atom. The van der Waals surface area contributed by atoms with E-state index >= 15 is 0 Å². The first-order valence-electron chi connectivity index (χ1n) is 10.9. The minimum Gasteiger partial charge on any atom is -0.340 e. The third-order valence-corrected chi connectivity index (χ3v) is 5.19. The topological polar surface area (TPSA) is 66.9 Å². The SMILES string of the molecule is CC(C)c1ccc(/C=C/C(=O)Nc2ccc(Nc3cc(-c4ccccc4)ncn3)cc2)cc1. The highest BCUT2D eigenvalue weighted by Gasteiger charge is 2.04. The number of carbonyl (C=O) groups excluding carboxylic acids is 1. The van der Waals surface area contributed by atoms with Gasteiger partial charge in [0, 0.05) is 29.1 Å². The summed E-state index contributed by atoms with van der Waals surface area (Å²) in [5, 5.41) is 6.16. The van der Waals surface area contributed by atoms with E-state index in [0.717, 1.165) is 28.2 Å². The molecule has 164 valence electrons. The summed E-state index contributed by atoms with van der Waals surface area (Å²) >= 11 is 0. The second-order valence-corrected chi connectivity index (χ2v) is 8.00. The number of rotatable bonds is 7. The molecule has 4 rings (SSSR count). The number of amides is 1. The smallest absolute Gasteiger partial charge is 0.248 e. The lowest BCUT2D eigenvalue weighted by atomic mass is 10.0. The van der Waals surface area contributed by atoms with Crippen molar-refractivity contribution >= 4 is 29.2 Å². The Hall–Kier alpha value is -4.25. The van der Waals surface area contributed by atoms with Gasteiger partial charge in [-0.15, -0.1) is 0 Å². The first kappa shape index (κ1) is 22.0. The monoisotopic (exact) mass is 434 g/mol. The van der Waals surface area contributed by atoms with Gasteiger partial charge in [0.1, 0.15) is 12.1 Å². The average Bonchev–Trinajstić information content (AvgIpc) is 2.85. The molecule has 0 aliphatic heterocycles. The maximum absolute atomic E-state index is 12.3. The molecule has 0 unspecified atom stereocenters. The number of aromatic nitrogens is 2. The van der Waals surface area contributed by atoms with Crippen molar-refractivity contribution in [1.82, 2.24) is 9.97 Å². The standard InChI is InChI=1S/C28H26N4O/c1-20(2)22-11-8-21(9-12-22)10-17-28(33)32-25-15-13-24(14-16-25)31-27-18-26(29-19-30-27)23-6-4-3-5-7-23/h3-20H,1-2H3,(H,32,33)(H,29,30,31)/b17-10+. The molecule has 0 fully saturated rings. The molecule has 3 aromatic carbocycles. The Morgan fingerprint density at radius 1 is 0.848 bits per heavy atom. The van der Waals surface area contributed by atoms with Gasteiger partial charge >= 0.3 is 0 Å². The van der Waals surface area contributed by atoms with Crippen LogP contribution in [0.25, 0.3) is 17.3 Å². The van der Waals surface area contributed by atoms with Crippen LogP contribution in [0, 0.1) is 0 Å². The fourth-order valence-electron chi connectivity index (χ4n) is 3.33. The highest BCUT2D eigenvalue weighted by Crippen LogP contribution is 2.22. The fraction of sp³-hybridized carbons (Fsp3) is 0.107. The van der Waals surface area contributed by atoms with Crippen LogP contribution in [-0.2, 0) is 4.79 Å². The summed E-state index contributed by atoms with van der Waals surface area (Å²) < 4.78 is 0. The van der Waals surface area contributed by atoms with Crippen LogP contribution in [0.15, 0.2) is 97.3 Å². The van der Waals surface area contributed by atoms with E-state index in [4.69, 9.17) is 0 Å². The van der Waals surface area contributed by atoms with Gasteiger partial charge in [-0.25, -0.2) is 9.97 Å². The van der Waals surface area contributed by atoms with Crippen LogP contribution >= 0.6 is 0 Å². The molecule has 0 aliphatic carbocycles. The van der Waals surface area contributed by atoms with Crippen molar-refractivity contribution in [2.24, 2.45) is 0 Å². The summed E-state index contributed by atoms with van der Waals surface area (Å²) in [5.74, 6) is 1.02. The maximum Gasteiger partial charge on any atom is 0.248 e. The highest BCUT2D eigenvalue weighted by atomic mass is 16.1. The average molecular weight is 435 g/mol. The van der Waals surface area contributed by atoms with Crippen molar-refractivity contribution in [3.8, 4) is 11.3 Å². The molecule has 1 aromatic heterocycles. The minimum absolute atomic E-state index is 0.174. The Kier molecular flexibility index (Phi) is 6.90. The number of benzene rings is 3. The third-order valence-electron chi connectivity index (χ3n) is 5.19. The molecule has 4 aromatic rings. The third kappa shape index (κ3) is 6.14. The van der Waals surface area contributed by atoms with E-state index in [1.807, 2.05) is 78.9 Å². The molecule has 0 atom stereocenters. The molecule has 1 amide bonds. The van der Waals surface area contributed by atoms with E-state index in [2.05, 4.69) is 46.6 Å². The van der Waals surface area contributed by atoms with Crippen LogP contribution in [0.5, 0.6) is 0 Å². The molecule has 0 saturated carbocycles. The number of hydrogen-bond acceptors (Lipinski definition) is 4. The molecule has 5 heteroatoms. The number of anilines is 3. The molecule has 0 radical (unpaired) electrons. The summed E-state index contributed by atoms with van der Waals surface area (Å²) in [6.45, 7) is 4.32. The van der Waals surface area contributed by atoms with Gasteiger partial charge < -0.3 is 10.6 Å². The maximum atomic E-state index is 12.3. The molecule has 0 spiro atoms. The second kappa shape index (κ2) is 10.4. The summed E-state index contributed by atoms with van der Waals surface area (Å²) in [4.78, 5) is 20.9. The quantitative estimate of drug-likeness (QED) is 0.319. The summed E-state index contributed by atoms with van der Waals surface area (Å²) in [6, 6.07) is 27.6. The normalized spacial score (nSPS) is 11.0. The molecule has 0 aliphatic rings. The summed E-state index contributed by atoms with van der Waals surface area (Å²) in [6.07, 6.45) is 4.90. The van der Waals surface area contributed by atoms with Crippen LogP contribution in [0.3, 0.4) is 0 Å². The van der Waals surface area contributed by atoms with Crippen molar-refractivity contribution in [3.63, 3.8) is 0 Å². The first-order chi connectivity index (χ1) is 16.1. The van der Waals surface area contributed by atoms with E-state index in [9.17, 15) is 4.79 Å². The molecule has 0 bridgehead atoms. The Balaban J connectivity index is 1.35. The van der Waals surface area contributed by atoms with Crippen LogP contribution in [0.4, 0.5) is 17.2 Å². The van der Waals surface area contributed by atoms with E-state index in [1.54, 1.807) is 12.4 Å². The largest absolute Gasteiger partial charge is 0.340 e. The Labute approximate surface area is 194 Å². The fourth-order valence-corrected chi connectivity index (χ4v) is 3.33. The van der Waals surface area contributed by atoms with Gasteiger partial charge in [0.25, 0.3) is 0 Å². The van der Waals surface area contributed by atoms with E-state index in [-0.39, 0.29) is 5.91 Å². The molecular weight excluding hydrogens is 408 g/mol. The zero-order valence-electron chi connectivity index (χ0n) is 18.7. The lowest BCUT2D eigenvalue weighted by molar-refractivity contribution is -0.111. The molecular formula is C28H26N4O. The number of carbonyl (C=O) groups is 1. The molecule has 33 heavy (non-hydrogen) atoms. The number of hydrogen-bond donors (Lipinski definition) is 2. The minimum atomic E-state index is -0.174. The number of nitrogens with zero attached hydrogens (tertiary/aromatic N) is 2. The second-order valence-electron chi connectivity index (χ2n) is 8.00. The van der Waals surface area contributed by atoms with Gasteiger partial charge in [0.05, 0.1) is 5.69 Å². The van der Waals surface area contributed by atoms with Crippen molar-refractivity contribution < 1.29 is 4.79 Å². The van der Waals surface area contributed by atoms with E-state index in [1.165, 1.54) is 5.56 Å². The molecule has 2 N–H and O–H groups in total. The van der Waals surface area contributed by atoms with Crippen LogP contribution < -0.4 is 10.6 Å². The molecule has 5 nitrogen and oxygen atoms in total. The lowest BCUT2D eigenvalue weighted by Gasteiger charge is -2.08. The highest BCUT2D eigenvalue weighted by molar-refractivity contribution is 6.02. The number of nitrogens with one attached hydrogen (secondary N) is 2. The zero-order valence-corrected chi connectivity index (χ0v) is 18.7. The summed E-state index contributed by atoms with van der Waals surface area (Å²) in [5.41, 5.74) is 5.74. The van der Waals surface area contributed by atoms with E-state index in [0.29, 0.717) is 11.7 Å². The van der Waals surface area contributed by atoms with Crippen LogP contribution in [-0.4, -0.2) is 15.9 Å². The molecule has 1 heterocycles. The lowest BCUT2D eigenvalue weighted by Crippen LogP contribution is -2.07. The van der Waals surface area contributed by atoms with Crippen LogP contribution in [0.2, 0.25) is 0 Å². The van der Waals surface area contributed by atoms with Gasteiger partial charge in [-0.3, -0.25) is 4.79 Å². The van der Waals surface area contributed by atoms with Gasteiger partial charge in [-0.1, -0.05) is 68.4 Å². The van der Waals surface area contributed by atoms with Crippen molar-refractivity contribution in [3.05, 3.63) is 108 Å². The summed E-state index contributed by atoms with van der Waals surface area (Å²) in [7, 11) is 0. The predicted octanol–water partition coefficient (Wildman–Crippen LogP) is 6.66. The predicted molar refractivity (Wildman–Crippen MR) is 135 cm³/mol. The Bertz CT molecular complexity index is 1230. The van der Waals surface area contributed by atoms with E-state index < -0.39 is 0 Å². The van der Waals surface area contributed by atoms with Gasteiger partial charge in [0.15, 0.2) is 0 Å². The first-order valence-corrected chi connectivity index (χ1v) is 10.9.